The van der Waals surface area contributed by atoms with E-state index >= 15 is 0 Å². The van der Waals surface area contributed by atoms with E-state index in [1.165, 1.54) is 12.1 Å². The third-order valence-corrected chi connectivity index (χ3v) is 7.06. The largest absolute Gasteiger partial charge is 0.486 e. The molecule has 2 aliphatic heterocycles. The lowest BCUT2D eigenvalue weighted by atomic mass is 9.99. The fraction of sp³-hybridized carbons (Fsp3) is 0.429. The number of nitrogens with zero attached hydrogens (tertiary/aromatic N) is 2. The van der Waals surface area contributed by atoms with Gasteiger partial charge in [0, 0.05) is 29.9 Å². The summed E-state index contributed by atoms with van der Waals surface area (Å²) in [5.74, 6) is -1.92. The summed E-state index contributed by atoms with van der Waals surface area (Å²) in [6, 6.07) is 9.24. The molecule has 3 aromatic rings. The molecule has 0 saturated carbocycles. The average Bonchev–Trinajstić information content (AvgIpc) is 3.57. The summed E-state index contributed by atoms with van der Waals surface area (Å²) >= 11 is 0. The number of benzene rings is 2. The lowest BCUT2D eigenvalue weighted by molar-refractivity contribution is -0.118. The Bertz CT molecular complexity index is 1310. The average molecular weight is 510 g/mol. The first-order valence-corrected chi connectivity index (χ1v) is 12.8. The van der Waals surface area contributed by atoms with Crippen LogP contribution in [0.15, 0.2) is 42.6 Å². The number of carbonyl (C=O) groups excluding carboxylic acids is 2. The minimum atomic E-state index is -1.26. The highest BCUT2D eigenvalue weighted by Gasteiger charge is 2.31. The summed E-state index contributed by atoms with van der Waals surface area (Å²) in [5.41, 5.74) is 1.38. The number of hydrogen-bond donors (Lipinski definition) is 2. The maximum absolute atomic E-state index is 14.7. The van der Waals surface area contributed by atoms with E-state index in [9.17, 15) is 19.1 Å². The van der Waals surface area contributed by atoms with E-state index in [1.54, 1.807) is 12.1 Å². The third-order valence-electron chi connectivity index (χ3n) is 7.06. The van der Waals surface area contributed by atoms with Crippen LogP contribution in [0.1, 0.15) is 54.8 Å². The van der Waals surface area contributed by atoms with Gasteiger partial charge in [0.25, 0.3) is 5.91 Å². The predicted octanol–water partition coefficient (Wildman–Crippen LogP) is 3.63. The summed E-state index contributed by atoms with van der Waals surface area (Å²) in [7, 11) is 0. The number of hydrogen-bond acceptors (Lipinski definition) is 6. The molecule has 5 rings (SSSR count). The zero-order valence-corrected chi connectivity index (χ0v) is 21.1. The number of rotatable bonds is 8. The molecule has 0 bridgehead atoms. The number of aliphatic hydroxyl groups is 1. The Morgan fingerprint density at radius 2 is 1.84 bits per heavy atom. The Morgan fingerprint density at radius 3 is 2.59 bits per heavy atom. The van der Waals surface area contributed by atoms with Crippen molar-refractivity contribution in [3.05, 3.63) is 59.5 Å². The first-order chi connectivity index (χ1) is 17.8. The number of amides is 1. The number of fused-ring (bicyclic) bond motifs is 2. The summed E-state index contributed by atoms with van der Waals surface area (Å²) in [4.78, 5) is 28.4. The zero-order valence-electron chi connectivity index (χ0n) is 21.1. The normalized spacial score (nSPS) is 17.2. The fourth-order valence-corrected chi connectivity index (χ4v) is 5.11. The second-order valence-electron chi connectivity index (χ2n) is 9.98. The van der Waals surface area contributed by atoms with E-state index in [0.717, 1.165) is 36.8 Å². The standard InChI is InChI=1S/C28H32FN3O5/c1-17(2)32-10-7-18-5-6-19(14-23(18)32)26(34)28(35)30-22(16-31-8-3-4-9-31)25(33)20-13-21(29)27-24(15-20)36-11-12-37-27/h5-7,10,13-15,17,22,25,33H,3-4,8-9,11-12,16H2,1-2H3,(H,30,35). The maximum Gasteiger partial charge on any atom is 0.292 e. The Morgan fingerprint density at radius 1 is 1.08 bits per heavy atom. The molecule has 1 aromatic heterocycles. The number of Topliss-reactive ketones (excluding diaryl/α,β-unsaturated/α-hetero) is 1. The zero-order chi connectivity index (χ0) is 26.1. The van der Waals surface area contributed by atoms with Crippen molar-refractivity contribution in [2.24, 2.45) is 0 Å². The van der Waals surface area contributed by atoms with E-state index < -0.39 is 29.7 Å². The number of ketones is 1. The lowest BCUT2D eigenvalue weighted by Crippen LogP contribution is -2.48. The monoisotopic (exact) mass is 509 g/mol. The molecule has 2 N–H and O–H groups in total. The molecule has 37 heavy (non-hydrogen) atoms. The van der Waals surface area contributed by atoms with Gasteiger partial charge in [0.1, 0.15) is 19.3 Å². The molecule has 2 aromatic carbocycles. The minimum Gasteiger partial charge on any atom is -0.486 e. The first kappa shape index (κ1) is 25.2. The molecule has 0 spiro atoms. The molecule has 196 valence electrons. The Hall–Kier alpha value is -3.43. The van der Waals surface area contributed by atoms with E-state index in [1.807, 2.05) is 36.7 Å². The van der Waals surface area contributed by atoms with Crippen LogP contribution in [0.5, 0.6) is 11.5 Å². The first-order valence-electron chi connectivity index (χ1n) is 12.8. The fourth-order valence-electron chi connectivity index (χ4n) is 5.11. The summed E-state index contributed by atoms with van der Waals surface area (Å²) in [6.45, 7) is 6.59. The van der Waals surface area contributed by atoms with Crippen LogP contribution in [0, 0.1) is 5.82 Å². The van der Waals surface area contributed by atoms with Crippen molar-refractivity contribution in [1.29, 1.82) is 0 Å². The van der Waals surface area contributed by atoms with Gasteiger partial charge < -0.3 is 29.4 Å². The number of aliphatic hydroxyl groups excluding tert-OH is 1. The predicted molar refractivity (Wildman–Crippen MR) is 137 cm³/mol. The molecule has 8 nitrogen and oxygen atoms in total. The van der Waals surface area contributed by atoms with Crippen LogP contribution in [0.4, 0.5) is 4.39 Å². The van der Waals surface area contributed by atoms with E-state index in [-0.39, 0.29) is 41.9 Å². The molecule has 1 fully saturated rings. The van der Waals surface area contributed by atoms with Crippen LogP contribution in [0.3, 0.4) is 0 Å². The van der Waals surface area contributed by atoms with Gasteiger partial charge in [0.2, 0.25) is 5.78 Å². The molecule has 0 radical (unpaired) electrons. The Kier molecular flexibility index (Phi) is 7.17. The van der Waals surface area contributed by atoms with Crippen molar-refractivity contribution in [2.45, 2.75) is 44.9 Å². The Labute approximate surface area is 215 Å². The van der Waals surface area contributed by atoms with Crippen LogP contribution < -0.4 is 14.8 Å². The van der Waals surface area contributed by atoms with Crippen LogP contribution >= 0.6 is 0 Å². The van der Waals surface area contributed by atoms with Gasteiger partial charge in [0.15, 0.2) is 17.3 Å². The highest BCUT2D eigenvalue weighted by atomic mass is 19.1. The lowest BCUT2D eigenvalue weighted by Gasteiger charge is -2.29. The number of ether oxygens (including phenoxy) is 2. The highest BCUT2D eigenvalue weighted by Crippen LogP contribution is 2.36. The molecule has 1 amide bonds. The maximum atomic E-state index is 14.7. The number of likely N-dealkylation sites (tertiary alicyclic amines) is 1. The van der Waals surface area contributed by atoms with Gasteiger partial charge in [-0.25, -0.2) is 4.39 Å². The number of aromatic nitrogens is 1. The van der Waals surface area contributed by atoms with Gasteiger partial charge in [-0.3, -0.25) is 9.59 Å². The molecule has 2 aliphatic rings. The van der Waals surface area contributed by atoms with Gasteiger partial charge in [-0.1, -0.05) is 12.1 Å². The second kappa shape index (κ2) is 10.5. The van der Waals surface area contributed by atoms with Crippen LogP contribution in [-0.4, -0.2) is 65.2 Å². The van der Waals surface area contributed by atoms with Crippen LogP contribution in [0.25, 0.3) is 10.9 Å². The third kappa shape index (κ3) is 5.19. The van der Waals surface area contributed by atoms with Crippen molar-refractivity contribution >= 4 is 22.6 Å². The summed E-state index contributed by atoms with van der Waals surface area (Å²) < 4.78 is 27.6. The van der Waals surface area contributed by atoms with Gasteiger partial charge in [0.05, 0.1) is 6.04 Å². The van der Waals surface area contributed by atoms with Crippen molar-refractivity contribution in [2.75, 3.05) is 32.8 Å². The van der Waals surface area contributed by atoms with Gasteiger partial charge in [-0.15, -0.1) is 0 Å². The number of carbonyl (C=O) groups is 2. The van der Waals surface area contributed by atoms with Gasteiger partial charge >= 0.3 is 0 Å². The SMILES string of the molecule is CC(C)n1ccc2ccc(C(=O)C(=O)NC(CN3CCCC3)C(O)c3cc(F)c4c(c3)OCCO4)cc21. The van der Waals surface area contributed by atoms with Crippen molar-refractivity contribution in [3.63, 3.8) is 0 Å². The molecular formula is C28H32FN3O5. The molecule has 0 aliphatic carbocycles. The molecule has 3 heterocycles. The van der Waals surface area contributed by atoms with E-state index in [0.29, 0.717) is 6.54 Å². The second-order valence-corrected chi connectivity index (χ2v) is 9.98. The smallest absolute Gasteiger partial charge is 0.292 e. The summed E-state index contributed by atoms with van der Waals surface area (Å²) in [5, 5.41) is 15.0. The van der Waals surface area contributed by atoms with E-state index in [4.69, 9.17) is 9.47 Å². The van der Waals surface area contributed by atoms with Crippen LogP contribution in [0.2, 0.25) is 0 Å². The quantitative estimate of drug-likeness (QED) is 0.356. The van der Waals surface area contributed by atoms with E-state index in [2.05, 4.69) is 10.2 Å². The molecule has 2 unspecified atom stereocenters. The molecular weight excluding hydrogens is 477 g/mol. The van der Waals surface area contributed by atoms with Gasteiger partial charge in [-0.05, 0) is 75.0 Å². The number of nitrogens with one attached hydrogen (secondary N) is 1. The van der Waals surface area contributed by atoms with Crippen molar-refractivity contribution < 1.29 is 28.6 Å². The topological polar surface area (TPSA) is 93.0 Å². The molecule has 2 atom stereocenters. The van der Waals surface area contributed by atoms with Crippen LogP contribution in [-0.2, 0) is 4.79 Å². The highest BCUT2D eigenvalue weighted by molar-refractivity contribution is 6.43. The summed E-state index contributed by atoms with van der Waals surface area (Å²) in [6.07, 6.45) is 2.73. The molecule has 1 saturated heterocycles. The molecule has 9 heteroatoms. The van der Waals surface area contributed by atoms with Gasteiger partial charge in [-0.2, -0.15) is 0 Å². The Balaban J connectivity index is 1.39. The van der Waals surface area contributed by atoms with Crippen molar-refractivity contribution in [1.82, 2.24) is 14.8 Å². The number of halogens is 1. The minimum absolute atomic E-state index is 0.0130. The van der Waals surface area contributed by atoms with Crippen molar-refractivity contribution in [3.8, 4) is 11.5 Å².